The maximum absolute atomic E-state index is 4.27. The van der Waals surface area contributed by atoms with Crippen LogP contribution in [-0.2, 0) is 0 Å². The van der Waals surface area contributed by atoms with Crippen LogP contribution in [-0.4, -0.2) is 22.4 Å². The van der Waals surface area contributed by atoms with Crippen LogP contribution in [0.3, 0.4) is 0 Å². The van der Waals surface area contributed by atoms with Crippen LogP contribution in [0.5, 0.6) is 0 Å². The van der Waals surface area contributed by atoms with Crippen molar-refractivity contribution in [3.63, 3.8) is 0 Å². The van der Waals surface area contributed by atoms with E-state index >= 15 is 0 Å². The number of nitrogens with zero attached hydrogens (tertiary/aromatic N) is 2. The summed E-state index contributed by atoms with van der Waals surface area (Å²) >= 11 is 0. The zero-order valence-corrected chi connectivity index (χ0v) is 9.40. The van der Waals surface area contributed by atoms with Gasteiger partial charge >= 0.3 is 0 Å². The van der Waals surface area contributed by atoms with Crippen molar-refractivity contribution in [2.75, 3.05) is 6.54 Å². The van der Waals surface area contributed by atoms with Crippen molar-refractivity contribution in [1.29, 1.82) is 0 Å². The summed E-state index contributed by atoms with van der Waals surface area (Å²) in [7, 11) is 0. The summed E-state index contributed by atoms with van der Waals surface area (Å²) in [5.41, 5.74) is 0. The van der Waals surface area contributed by atoms with Crippen LogP contribution in [0.2, 0.25) is 0 Å². The van der Waals surface area contributed by atoms with E-state index in [9.17, 15) is 0 Å². The third-order valence-electron chi connectivity index (χ3n) is 2.62. The molecule has 1 heterocycles. The van der Waals surface area contributed by atoms with Crippen LogP contribution in [0.4, 0.5) is 0 Å². The van der Waals surface area contributed by atoms with Gasteiger partial charge in [-0.15, -0.1) is 0 Å². The summed E-state index contributed by atoms with van der Waals surface area (Å²) in [5.74, 6) is 0. The lowest BCUT2D eigenvalue weighted by Crippen LogP contribution is -2.36. The average molecular weight is 195 g/mol. The van der Waals surface area contributed by atoms with Gasteiger partial charge in [-0.05, 0) is 32.4 Å². The molecule has 1 rings (SSSR count). The van der Waals surface area contributed by atoms with E-state index in [1.165, 1.54) is 6.42 Å². The van der Waals surface area contributed by atoms with Crippen molar-refractivity contribution in [3.8, 4) is 0 Å². The Bertz CT molecular complexity index is 231. The van der Waals surface area contributed by atoms with Crippen molar-refractivity contribution >= 4 is 0 Å². The Balaban J connectivity index is 2.51. The Morgan fingerprint density at radius 2 is 2.21 bits per heavy atom. The lowest BCUT2D eigenvalue weighted by atomic mass is 10.1. The van der Waals surface area contributed by atoms with E-state index in [0.29, 0.717) is 12.1 Å². The summed E-state index contributed by atoms with van der Waals surface area (Å²) in [6.45, 7) is 7.71. The van der Waals surface area contributed by atoms with Crippen LogP contribution in [0.25, 0.3) is 0 Å². The van der Waals surface area contributed by atoms with Gasteiger partial charge < -0.3 is 5.32 Å². The van der Waals surface area contributed by atoms with Crippen LogP contribution < -0.4 is 5.32 Å². The minimum atomic E-state index is 0.432. The van der Waals surface area contributed by atoms with Crippen molar-refractivity contribution in [3.05, 3.63) is 18.5 Å². The first-order valence-corrected chi connectivity index (χ1v) is 5.52. The summed E-state index contributed by atoms with van der Waals surface area (Å²) < 4.78 is 2.02. The minimum Gasteiger partial charge on any atom is -0.312 e. The second-order valence-electron chi connectivity index (χ2n) is 3.70. The molecule has 0 aliphatic rings. The Labute approximate surface area is 86.5 Å². The number of nitrogens with one attached hydrogen (secondary N) is 1. The van der Waals surface area contributed by atoms with Gasteiger partial charge in [-0.25, -0.2) is 0 Å². The van der Waals surface area contributed by atoms with E-state index in [2.05, 4.69) is 31.2 Å². The molecule has 0 amide bonds. The highest BCUT2D eigenvalue weighted by Gasteiger charge is 2.15. The molecular formula is C11H21N3. The molecule has 14 heavy (non-hydrogen) atoms. The molecule has 0 bridgehead atoms. The van der Waals surface area contributed by atoms with Crippen LogP contribution in [0.1, 0.15) is 39.7 Å². The molecule has 3 heteroatoms. The molecule has 0 saturated heterocycles. The van der Waals surface area contributed by atoms with E-state index in [0.717, 1.165) is 13.0 Å². The summed E-state index contributed by atoms with van der Waals surface area (Å²) in [6.07, 6.45) is 6.19. The number of aromatic nitrogens is 2. The van der Waals surface area contributed by atoms with Gasteiger partial charge in [0.2, 0.25) is 0 Å². The zero-order chi connectivity index (χ0) is 10.4. The van der Waals surface area contributed by atoms with E-state index in [-0.39, 0.29) is 0 Å². The van der Waals surface area contributed by atoms with E-state index in [4.69, 9.17) is 0 Å². The van der Waals surface area contributed by atoms with Crippen molar-refractivity contribution < 1.29 is 0 Å². The fourth-order valence-corrected chi connectivity index (χ4v) is 1.69. The third-order valence-corrected chi connectivity index (χ3v) is 2.62. The summed E-state index contributed by atoms with van der Waals surface area (Å²) in [6, 6.07) is 2.93. The summed E-state index contributed by atoms with van der Waals surface area (Å²) in [4.78, 5) is 0. The standard InChI is InChI=1S/C11H21N3/c1-4-7-12-11(5-2)10(3)14-9-6-8-13-14/h6,8-12H,4-5,7H2,1-3H3. The Hall–Kier alpha value is -0.830. The predicted molar refractivity (Wildman–Crippen MR) is 59.3 cm³/mol. The van der Waals surface area contributed by atoms with Crippen molar-refractivity contribution in [1.82, 2.24) is 15.1 Å². The van der Waals surface area contributed by atoms with Gasteiger partial charge in [0.25, 0.3) is 0 Å². The van der Waals surface area contributed by atoms with E-state index < -0.39 is 0 Å². The third kappa shape index (κ3) is 2.84. The van der Waals surface area contributed by atoms with Crippen molar-refractivity contribution in [2.24, 2.45) is 0 Å². The maximum Gasteiger partial charge on any atom is 0.0643 e. The van der Waals surface area contributed by atoms with E-state index in [1.54, 1.807) is 0 Å². The smallest absolute Gasteiger partial charge is 0.0643 e. The predicted octanol–water partition coefficient (Wildman–Crippen LogP) is 2.22. The Morgan fingerprint density at radius 1 is 1.43 bits per heavy atom. The van der Waals surface area contributed by atoms with Gasteiger partial charge in [0.1, 0.15) is 0 Å². The molecule has 1 aromatic rings. The first-order valence-electron chi connectivity index (χ1n) is 5.52. The fraction of sp³-hybridized carbons (Fsp3) is 0.727. The fourth-order valence-electron chi connectivity index (χ4n) is 1.69. The van der Waals surface area contributed by atoms with Gasteiger partial charge in [-0.1, -0.05) is 13.8 Å². The second kappa shape index (κ2) is 5.81. The van der Waals surface area contributed by atoms with Crippen LogP contribution in [0.15, 0.2) is 18.5 Å². The minimum absolute atomic E-state index is 0.432. The SMILES string of the molecule is CCCNC(CC)C(C)n1cccn1. The molecule has 0 radical (unpaired) electrons. The lowest BCUT2D eigenvalue weighted by Gasteiger charge is -2.24. The molecule has 0 spiro atoms. The van der Waals surface area contributed by atoms with Gasteiger partial charge in [-0.2, -0.15) is 5.10 Å². The average Bonchev–Trinajstić information content (AvgIpc) is 2.71. The monoisotopic (exact) mass is 195 g/mol. The highest BCUT2D eigenvalue weighted by Crippen LogP contribution is 2.12. The van der Waals surface area contributed by atoms with Gasteiger partial charge in [-0.3, -0.25) is 4.68 Å². The number of hydrogen-bond acceptors (Lipinski definition) is 2. The Morgan fingerprint density at radius 3 is 2.71 bits per heavy atom. The molecule has 0 fully saturated rings. The largest absolute Gasteiger partial charge is 0.312 e. The first kappa shape index (κ1) is 11.2. The maximum atomic E-state index is 4.27. The lowest BCUT2D eigenvalue weighted by molar-refractivity contribution is 0.339. The topological polar surface area (TPSA) is 29.9 Å². The first-order chi connectivity index (χ1) is 6.79. The molecule has 0 aliphatic heterocycles. The zero-order valence-electron chi connectivity index (χ0n) is 9.40. The van der Waals surface area contributed by atoms with Crippen LogP contribution in [0, 0.1) is 0 Å². The number of rotatable bonds is 6. The molecule has 3 nitrogen and oxygen atoms in total. The molecule has 0 saturated carbocycles. The summed E-state index contributed by atoms with van der Waals surface area (Å²) in [5, 5.41) is 7.82. The molecule has 1 N–H and O–H groups in total. The molecule has 1 aromatic heterocycles. The molecule has 80 valence electrons. The molecule has 2 unspecified atom stereocenters. The highest BCUT2D eigenvalue weighted by atomic mass is 15.3. The molecule has 0 aromatic carbocycles. The van der Waals surface area contributed by atoms with Gasteiger partial charge in [0, 0.05) is 18.4 Å². The van der Waals surface area contributed by atoms with Gasteiger partial charge in [0.05, 0.1) is 6.04 Å². The van der Waals surface area contributed by atoms with Gasteiger partial charge in [0.15, 0.2) is 0 Å². The quantitative estimate of drug-likeness (QED) is 0.754. The van der Waals surface area contributed by atoms with Crippen LogP contribution >= 0.6 is 0 Å². The number of hydrogen-bond donors (Lipinski definition) is 1. The molecular weight excluding hydrogens is 174 g/mol. The van der Waals surface area contributed by atoms with E-state index in [1.807, 2.05) is 23.1 Å². The Kier molecular flexibility index (Phi) is 4.66. The normalized spacial score (nSPS) is 15.4. The van der Waals surface area contributed by atoms with Crippen molar-refractivity contribution in [2.45, 2.75) is 45.7 Å². The highest BCUT2D eigenvalue weighted by molar-refractivity contribution is 4.84. The molecule has 0 aliphatic carbocycles. The molecule has 2 atom stereocenters. The second-order valence-corrected chi connectivity index (χ2v) is 3.70.